The summed E-state index contributed by atoms with van der Waals surface area (Å²) in [6.45, 7) is 4.78. The highest BCUT2D eigenvalue weighted by Crippen LogP contribution is 2.19. The van der Waals surface area contributed by atoms with E-state index in [2.05, 4.69) is 35.7 Å². The zero-order valence-corrected chi connectivity index (χ0v) is 22.1. The monoisotopic (exact) mass is 478 g/mol. The summed E-state index contributed by atoms with van der Waals surface area (Å²) in [6.07, 6.45) is 21.4. The van der Waals surface area contributed by atoms with Crippen molar-refractivity contribution in [2.24, 2.45) is 0 Å². The van der Waals surface area contributed by atoms with E-state index in [0.717, 1.165) is 36.4 Å². The number of aromatic nitrogens is 2. The third-order valence-corrected chi connectivity index (χ3v) is 6.30. The molecule has 0 spiro atoms. The normalized spacial score (nSPS) is 11.6. The second kappa shape index (κ2) is 18.9. The van der Waals surface area contributed by atoms with E-state index >= 15 is 0 Å². The van der Waals surface area contributed by atoms with E-state index in [-0.39, 0.29) is 6.10 Å². The topological polar surface area (TPSA) is 55.2 Å². The number of aliphatic hydroxyl groups is 1. The lowest BCUT2D eigenvalue weighted by molar-refractivity contribution is 0.166. The first-order valence-corrected chi connectivity index (χ1v) is 13.9. The molecule has 0 bridgehead atoms. The number of rotatable bonds is 18. The van der Waals surface area contributed by atoms with Gasteiger partial charge < -0.3 is 9.84 Å². The molecular formula is C31H46N2O2. The van der Waals surface area contributed by atoms with Gasteiger partial charge in [0.1, 0.15) is 12.4 Å². The molecule has 4 heteroatoms. The fourth-order valence-corrected chi connectivity index (χ4v) is 4.07. The molecule has 0 fully saturated rings. The number of benzene rings is 1. The van der Waals surface area contributed by atoms with Gasteiger partial charge >= 0.3 is 0 Å². The first-order chi connectivity index (χ1) is 17.2. The SMILES string of the molecule is CCCCCCCCCCc1cnc(-c2ccc(OCC#CC[C@H](O)CCCCCC)cc2)nc1. The van der Waals surface area contributed by atoms with Gasteiger partial charge in [-0.25, -0.2) is 9.97 Å². The highest BCUT2D eigenvalue weighted by Gasteiger charge is 2.03. The maximum Gasteiger partial charge on any atom is 0.159 e. The van der Waals surface area contributed by atoms with Crippen molar-refractivity contribution >= 4 is 0 Å². The van der Waals surface area contributed by atoms with E-state index < -0.39 is 0 Å². The molecule has 0 aliphatic rings. The maximum absolute atomic E-state index is 9.96. The van der Waals surface area contributed by atoms with Gasteiger partial charge in [-0.1, -0.05) is 96.3 Å². The van der Waals surface area contributed by atoms with E-state index in [9.17, 15) is 5.11 Å². The van der Waals surface area contributed by atoms with Crippen molar-refractivity contribution in [3.63, 3.8) is 0 Å². The third-order valence-electron chi connectivity index (χ3n) is 6.30. The lowest BCUT2D eigenvalue weighted by Crippen LogP contribution is -2.04. The zero-order chi connectivity index (χ0) is 25.0. The number of aliphatic hydroxyl groups excluding tert-OH is 1. The van der Waals surface area contributed by atoms with Gasteiger partial charge in [0.15, 0.2) is 5.82 Å². The molecule has 1 aromatic heterocycles. The predicted octanol–water partition coefficient (Wildman–Crippen LogP) is 7.93. The van der Waals surface area contributed by atoms with Crippen LogP contribution in [0.3, 0.4) is 0 Å². The molecule has 4 nitrogen and oxygen atoms in total. The molecule has 0 aliphatic heterocycles. The Hall–Kier alpha value is -2.38. The highest BCUT2D eigenvalue weighted by atomic mass is 16.5. The number of nitrogens with zero attached hydrogens (tertiary/aromatic N) is 2. The largest absolute Gasteiger partial charge is 0.481 e. The molecule has 0 saturated carbocycles. The molecule has 1 aromatic carbocycles. The van der Waals surface area contributed by atoms with Crippen LogP contribution >= 0.6 is 0 Å². The third kappa shape index (κ3) is 13.3. The van der Waals surface area contributed by atoms with Crippen LogP contribution in [0.15, 0.2) is 36.7 Å². The van der Waals surface area contributed by atoms with E-state index in [4.69, 9.17) is 4.74 Å². The zero-order valence-electron chi connectivity index (χ0n) is 22.1. The Kier molecular flexibility index (Phi) is 15.6. The number of ether oxygens (including phenoxy) is 1. The number of hydrogen-bond acceptors (Lipinski definition) is 4. The number of hydrogen-bond donors (Lipinski definition) is 1. The van der Waals surface area contributed by atoms with Gasteiger partial charge in [0.05, 0.1) is 6.10 Å². The number of unbranched alkanes of at least 4 members (excludes halogenated alkanes) is 10. The van der Waals surface area contributed by atoms with E-state index in [1.165, 1.54) is 76.2 Å². The van der Waals surface area contributed by atoms with Crippen molar-refractivity contribution < 1.29 is 9.84 Å². The van der Waals surface area contributed by atoms with E-state index in [0.29, 0.717) is 13.0 Å². The molecule has 2 aromatic rings. The molecule has 1 atom stereocenters. The molecule has 0 radical (unpaired) electrons. The molecular weight excluding hydrogens is 432 g/mol. The van der Waals surface area contributed by atoms with Gasteiger partial charge in [-0.15, -0.1) is 0 Å². The van der Waals surface area contributed by atoms with Crippen LogP contribution in [0.25, 0.3) is 11.4 Å². The minimum Gasteiger partial charge on any atom is -0.481 e. The van der Waals surface area contributed by atoms with Crippen LogP contribution < -0.4 is 4.74 Å². The Morgan fingerprint density at radius 1 is 0.771 bits per heavy atom. The Morgan fingerprint density at radius 2 is 1.37 bits per heavy atom. The minimum absolute atomic E-state index is 0.325. The van der Waals surface area contributed by atoms with Crippen molar-refractivity contribution in [2.75, 3.05) is 6.61 Å². The van der Waals surface area contributed by atoms with Crippen molar-refractivity contribution in [3.05, 3.63) is 42.2 Å². The Balaban J connectivity index is 1.64. The van der Waals surface area contributed by atoms with Crippen LogP contribution in [0.4, 0.5) is 0 Å². The molecule has 192 valence electrons. The molecule has 1 N–H and O–H groups in total. The molecule has 1 heterocycles. The van der Waals surface area contributed by atoms with Gasteiger partial charge in [0.25, 0.3) is 0 Å². The predicted molar refractivity (Wildman–Crippen MR) is 146 cm³/mol. The molecule has 0 saturated heterocycles. The van der Waals surface area contributed by atoms with Gasteiger partial charge in [0.2, 0.25) is 0 Å². The van der Waals surface area contributed by atoms with Crippen LogP contribution in [-0.2, 0) is 6.42 Å². The van der Waals surface area contributed by atoms with Crippen LogP contribution in [0, 0.1) is 11.8 Å². The summed E-state index contributed by atoms with van der Waals surface area (Å²) in [5, 5.41) is 9.96. The summed E-state index contributed by atoms with van der Waals surface area (Å²) >= 11 is 0. The average Bonchev–Trinajstić information content (AvgIpc) is 2.89. The lowest BCUT2D eigenvalue weighted by Gasteiger charge is -2.06. The molecule has 0 aliphatic carbocycles. The maximum atomic E-state index is 9.96. The first-order valence-electron chi connectivity index (χ1n) is 13.9. The second-order valence-corrected chi connectivity index (χ2v) is 9.51. The van der Waals surface area contributed by atoms with Crippen molar-refractivity contribution in [1.29, 1.82) is 0 Å². The summed E-state index contributed by atoms with van der Waals surface area (Å²) in [6, 6.07) is 7.82. The lowest BCUT2D eigenvalue weighted by atomic mass is 10.1. The fourth-order valence-electron chi connectivity index (χ4n) is 4.07. The average molecular weight is 479 g/mol. The van der Waals surface area contributed by atoms with Gasteiger partial charge in [-0.3, -0.25) is 0 Å². The Bertz CT molecular complexity index is 837. The second-order valence-electron chi connectivity index (χ2n) is 9.51. The molecule has 0 unspecified atom stereocenters. The van der Waals surface area contributed by atoms with Gasteiger partial charge in [0, 0.05) is 24.4 Å². The summed E-state index contributed by atoms with van der Waals surface area (Å²) in [5.74, 6) is 7.54. The van der Waals surface area contributed by atoms with E-state index in [1.54, 1.807) is 0 Å². The highest BCUT2D eigenvalue weighted by molar-refractivity contribution is 5.55. The van der Waals surface area contributed by atoms with Crippen molar-refractivity contribution in [2.45, 2.75) is 116 Å². The van der Waals surface area contributed by atoms with Gasteiger partial charge in [-0.05, 0) is 49.1 Å². The summed E-state index contributed by atoms with van der Waals surface area (Å²) < 4.78 is 5.71. The summed E-state index contributed by atoms with van der Waals surface area (Å²) in [4.78, 5) is 9.13. The summed E-state index contributed by atoms with van der Waals surface area (Å²) in [7, 11) is 0. The van der Waals surface area contributed by atoms with Gasteiger partial charge in [-0.2, -0.15) is 0 Å². The summed E-state index contributed by atoms with van der Waals surface area (Å²) in [5.41, 5.74) is 2.19. The molecule has 2 rings (SSSR count). The quantitative estimate of drug-likeness (QED) is 0.175. The molecule has 0 amide bonds. The minimum atomic E-state index is -0.328. The van der Waals surface area contributed by atoms with Crippen LogP contribution in [0.2, 0.25) is 0 Å². The standard InChI is InChI=1S/C31H46N2O2/c1-3-5-7-9-10-11-12-13-17-27-25-32-31(33-26-27)28-20-22-30(23-21-28)35-24-16-15-19-29(34)18-14-8-6-4-2/h20-23,25-26,29,34H,3-14,17-19,24H2,1-2H3/t29-/m1/s1. The molecule has 35 heavy (non-hydrogen) atoms. The van der Waals surface area contributed by atoms with Crippen LogP contribution in [0.1, 0.15) is 109 Å². The first kappa shape index (κ1) is 28.9. The van der Waals surface area contributed by atoms with E-state index in [1.807, 2.05) is 36.7 Å². The Morgan fingerprint density at radius 3 is 2.03 bits per heavy atom. The smallest absolute Gasteiger partial charge is 0.159 e. The van der Waals surface area contributed by atoms with Crippen molar-refractivity contribution in [3.8, 4) is 29.0 Å². The van der Waals surface area contributed by atoms with Crippen LogP contribution in [-0.4, -0.2) is 27.8 Å². The van der Waals surface area contributed by atoms with Crippen molar-refractivity contribution in [1.82, 2.24) is 9.97 Å². The van der Waals surface area contributed by atoms with Crippen LogP contribution in [0.5, 0.6) is 5.75 Å². The number of aryl methyl sites for hydroxylation is 1. The Labute approximate surface area is 213 Å². The fraction of sp³-hybridized carbons (Fsp3) is 0.613.